The van der Waals surface area contributed by atoms with Crippen molar-refractivity contribution in [2.45, 2.75) is 13.8 Å². The van der Waals surface area contributed by atoms with Gasteiger partial charge in [-0.05, 0) is 19.9 Å². The molecule has 0 aromatic carbocycles. The van der Waals surface area contributed by atoms with Crippen molar-refractivity contribution < 1.29 is 4.79 Å². The number of allylic oxidation sites excluding steroid dienone is 1. The van der Waals surface area contributed by atoms with Gasteiger partial charge in [-0.15, -0.1) is 0 Å². The lowest BCUT2D eigenvalue weighted by atomic mass is 9.91. The molecular formula is C7H8NO. The normalized spacial score (nSPS) is 22.7. The van der Waals surface area contributed by atoms with Crippen molar-refractivity contribution in [3.8, 4) is 0 Å². The fourth-order valence-corrected chi connectivity index (χ4v) is 0.570. The minimum absolute atomic E-state index is 0.0961. The van der Waals surface area contributed by atoms with E-state index in [1.165, 1.54) is 6.21 Å². The van der Waals surface area contributed by atoms with Gasteiger partial charge in [-0.1, -0.05) is 6.08 Å². The Morgan fingerprint density at radius 2 is 2.33 bits per heavy atom. The molecular weight excluding hydrogens is 114 g/mol. The van der Waals surface area contributed by atoms with Crippen LogP contribution in [0.4, 0.5) is 0 Å². The van der Waals surface area contributed by atoms with Crippen molar-refractivity contribution in [1.82, 2.24) is 0 Å². The Morgan fingerprint density at radius 1 is 1.67 bits per heavy atom. The topological polar surface area (TPSA) is 29.4 Å². The summed E-state index contributed by atoms with van der Waals surface area (Å²) in [4.78, 5) is 14.4. The number of hydrogen-bond donors (Lipinski definition) is 0. The Bertz CT molecular complexity index is 189. The summed E-state index contributed by atoms with van der Waals surface area (Å²) in [6.07, 6.45) is 5.89. The first-order valence-corrected chi connectivity index (χ1v) is 2.80. The van der Waals surface area contributed by atoms with E-state index in [1.807, 2.05) is 13.8 Å². The van der Waals surface area contributed by atoms with E-state index in [1.54, 1.807) is 6.08 Å². The Balaban J connectivity index is 2.91. The number of hydrogen-bond acceptors (Lipinski definition) is 1. The lowest BCUT2D eigenvalue weighted by Gasteiger charge is -2.15. The summed E-state index contributed by atoms with van der Waals surface area (Å²) in [5, 5.41) is 0. The zero-order chi connectivity index (χ0) is 6.91. The molecule has 0 bridgehead atoms. The van der Waals surface area contributed by atoms with Crippen molar-refractivity contribution in [1.29, 1.82) is 0 Å². The average Bonchev–Trinajstić information content (AvgIpc) is 1.77. The summed E-state index contributed by atoms with van der Waals surface area (Å²) in [7, 11) is 0. The van der Waals surface area contributed by atoms with Crippen LogP contribution < -0.4 is 0 Å². The highest BCUT2D eigenvalue weighted by molar-refractivity contribution is 5.94. The van der Waals surface area contributed by atoms with Gasteiger partial charge < -0.3 is 0 Å². The van der Waals surface area contributed by atoms with Gasteiger partial charge in [0.05, 0.1) is 5.41 Å². The van der Waals surface area contributed by atoms with E-state index < -0.39 is 5.41 Å². The monoisotopic (exact) mass is 122 g/mol. The molecule has 0 saturated carbocycles. The van der Waals surface area contributed by atoms with Crippen molar-refractivity contribution in [2.24, 2.45) is 10.4 Å². The molecule has 0 aromatic rings. The molecule has 0 fully saturated rings. The van der Waals surface area contributed by atoms with Crippen molar-refractivity contribution in [3.05, 3.63) is 12.2 Å². The van der Waals surface area contributed by atoms with Crippen LogP contribution in [0.2, 0.25) is 0 Å². The van der Waals surface area contributed by atoms with Crippen LogP contribution >= 0.6 is 0 Å². The van der Waals surface area contributed by atoms with Gasteiger partial charge in [-0.2, -0.15) is 0 Å². The van der Waals surface area contributed by atoms with E-state index in [4.69, 9.17) is 0 Å². The average molecular weight is 122 g/mol. The van der Waals surface area contributed by atoms with Gasteiger partial charge in [0, 0.05) is 6.21 Å². The van der Waals surface area contributed by atoms with E-state index in [9.17, 15) is 4.79 Å². The Hall–Kier alpha value is -0.920. The third-order valence-electron chi connectivity index (χ3n) is 1.25. The SMILES string of the molecule is CC1(C)C=[C]C=NC1=O. The number of rotatable bonds is 0. The molecule has 2 nitrogen and oxygen atoms in total. The minimum Gasteiger partial charge on any atom is -0.272 e. The van der Waals surface area contributed by atoms with Crippen LogP contribution in [0.15, 0.2) is 11.1 Å². The summed E-state index contributed by atoms with van der Waals surface area (Å²) >= 11 is 0. The molecule has 0 saturated heterocycles. The molecule has 1 radical (unpaired) electrons. The molecule has 47 valence electrons. The van der Waals surface area contributed by atoms with Gasteiger partial charge in [0.2, 0.25) is 0 Å². The van der Waals surface area contributed by atoms with Crippen LogP contribution in [0.5, 0.6) is 0 Å². The third kappa shape index (κ3) is 1.07. The molecule has 0 atom stereocenters. The van der Waals surface area contributed by atoms with Crippen LogP contribution in [-0.4, -0.2) is 12.1 Å². The number of amides is 1. The molecule has 0 spiro atoms. The zero-order valence-corrected chi connectivity index (χ0v) is 5.51. The van der Waals surface area contributed by atoms with Gasteiger partial charge >= 0.3 is 0 Å². The van der Waals surface area contributed by atoms with E-state index in [0.29, 0.717) is 0 Å². The van der Waals surface area contributed by atoms with Gasteiger partial charge in [0.1, 0.15) is 0 Å². The summed E-state index contributed by atoms with van der Waals surface area (Å²) in [6, 6.07) is 0. The second-order valence-electron chi connectivity index (χ2n) is 2.60. The highest BCUT2D eigenvalue weighted by Crippen LogP contribution is 2.20. The molecule has 1 aliphatic heterocycles. The number of nitrogens with zero attached hydrogens (tertiary/aromatic N) is 1. The number of dihydropyridines is 1. The molecule has 1 heterocycles. The molecule has 0 aliphatic carbocycles. The quantitative estimate of drug-likeness (QED) is 0.471. The summed E-state index contributed by atoms with van der Waals surface area (Å²) < 4.78 is 0. The smallest absolute Gasteiger partial charge is 0.255 e. The van der Waals surface area contributed by atoms with Crippen molar-refractivity contribution in [3.63, 3.8) is 0 Å². The van der Waals surface area contributed by atoms with E-state index in [2.05, 4.69) is 11.1 Å². The van der Waals surface area contributed by atoms with E-state index >= 15 is 0 Å². The minimum atomic E-state index is -0.436. The van der Waals surface area contributed by atoms with Crippen LogP contribution in [0.1, 0.15) is 13.8 Å². The first-order chi connectivity index (χ1) is 4.13. The number of aliphatic imine (C=N–C) groups is 1. The van der Waals surface area contributed by atoms with Crippen molar-refractivity contribution >= 4 is 12.1 Å². The second kappa shape index (κ2) is 1.79. The van der Waals surface area contributed by atoms with Gasteiger partial charge in [-0.25, -0.2) is 4.99 Å². The van der Waals surface area contributed by atoms with Crippen molar-refractivity contribution in [2.75, 3.05) is 0 Å². The number of carbonyl (C=O) groups excluding carboxylic acids is 1. The predicted molar refractivity (Wildman–Crippen MR) is 35.1 cm³/mol. The van der Waals surface area contributed by atoms with Crippen LogP contribution in [0.25, 0.3) is 0 Å². The lowest BCUT2D eigenvalue weighted by Crippen LogP contribution is -2.21. The standard InChI is InChI=1S/C7H8NO/c1-7(2)4-3-5-8-6(7)9/h4-5H,1-2H3. The highest BCUT2D eigenvalue weighted by atomic mass is 16.1. The molecule has 1 aliphatic rings. The fraction of sp³-hybridized carbons (Fsp3) is 0.429. The summed E-state index contributed by atoms with van der Waals surface area (Å²) in [5.41, 5.74) is -0.436. The van der Waals surface area contributed by atoms with Crippen LogP contribution in [0.3, 0.4) is 0 Å². The fourth-order valence-electron chi connectivity index (χ4n) is 0.570. The Labute approximate surface area is 54.3 Å². The first-order valence-electron chi connectivity index (χ1n) is 2.80. The zero-order valence-electron chi connectivity index (χ0n) is 5.51. The number of carbonyl (C=O) groups is 1. The maximum Gasteiger partial charge on any atom is 0.255 e. The van der Waals surface area contributed by atoms with E-state index in [0.717, 1.165) is 0 Å². The van der Waals surface area contributed by atoms with Gasteiger partial charge in [0.15, 0.2) is 0 Å². The Morgan fingerprint density at radius 3 is 2.67 bits per heavy atom. The summed E-state index contributed by atoms with van der Waals surface area (Å²) in [5.74, 6) is -0.0961. The third-order valence-corrected chi connectivity index (χ3v) is 1.25. The molecule has 1 rings (SSSR count). The van der Waals surface area contributed by atoms with Crippen LogP contribution in [-0.2, 0) is 4.79 Å². The van der Waals surface area contributed by atoms with Gasteiger partial charge in [0.25, 0.3) is 5.91 Å². The highest BCUT2D eigenvalue weighted by Gasteiger charge is 2.24. The second-order valence-corrected chi connectivity index (χ2v) is 2.60. The maximum atomic E-state index is 10.8. The molecule has 0 unspecified atom stereocenters. The molecule has 0 N–H and O–H groups in total. The lowest BCUT2D eigenvalue weighted by molar-refractivity contribution is -0.123. The molecule has 2 heteroatoms. The largest absolute Gasteiger partial charge is 0.272 e. The van der Waals surface area contributed by atoms with E-state index in [-0.39, 0.29) is 5.91 Å². The maximum absolute atomic E-state index is 10.8. The van der Waals surface area contributed by atoms with Gasteiger partial charge in [-0.3, -0.25) is 4.79 Å². The molecule has 9 heavy (non-hydrogen) atoms. The van der Waals surface area contributed by atoms with Crippen LogP contribution in [0, 0.1) is 11.5 Å². The molecule has 1 amide bonds. The summed E-state index contributed by atoms with van der Waals surface area (Å²) in [6.45, 7) is 3.64. The Kier molecular flexibility index (Phi) is 1.24. The molecule has 0 aromatic heterocycles. The predicted octanol–water partition coefficient (Wildman–Crippen LogP) is 0.983. The first kappa shape index (κ1) is 6.20.